The van der Waals surface area contributed by atoms with Crippen LogP contribution in [0.4, 0.5) is 13.2 Å². The normalized spacial score (nSPS) is 10.3. The highest BCUT2D eigenvalue weighted by Gasteiger charge is 2.26. The predicted octanol–water partition coefficient (Wildman–Crippen LogP) is 2.40. The summed E-state index contributed by atoms with van der Waals surface area (Å²) < 4.78 is 39.6. The van der Waals surface area contributed by atoms with Crippen molar-refractivity contribution in [1.82, 2.24) is 4.90 Å². The van der Waals surface area contributed by atoms with Gasteiger partial charge in [-0.15, -0.1) is 0 Å². The number of aldehydes is 1. The zero-order chi connectivity index (χ0) is 13.9. The van der Waals surface area contributed by atoms with Crippen LogP contribution >= 0.6 is 0 Å². The lowest BCUT2D eigenvalue weighted by molar-refractivity contribution is 0.0763. The van der Waals surface area contributed by atoms with E-state index in [1.807, 2.05) is 0 Å². The van der Waals surface area contributed by atoms with Crippen LogP contribution in [-0.2, 0) is 0 Å². The van der Waals surface area contributed by atoms with Crippen molar-refractivity contribution in [2.75, 3.05) is 13.1 Å². The lowest BCUT2D eigenvalue weighted by Crippen LogP contribution is -2.32. The van der Waals surface area contributed by atoms with Gasteiger partial charge in [-0.05, 0) is 19.9 Å². The summed E-state index contributed by atoms with van der Waals surface area (Å²) in [6.07, 6.45) is 0.127. The first kappa shape index (κ1) is 14.2. The van der Waals surface area contributed by atoms with E-state index in [2.05, 4.69) is 0 Å². The highest BCUT2D eigenvalue weighted by atomic mass is 19.2. The minimum absolute atomic E-state index is 0.127. The van der Waals surface area contributed by atoms with Gasteiger partial charge in [0.05, 0.1) is 5.56 Å². The highest BCUT2D eigenvalue weighted by Crippen LogP contribution is 2.20. The molecule has 98 valence electrons. The third-order valence-corrected chi connectivity index (χ3v) is 2.58. The predicted molar refractivity (Wildman–Crippen MR) is 59.0 cm³/mol. The van der Waals surface area contributed by atoms with Gasteiger partial charge in [-0.3, -0.25) is 9.59 Å². The van der Waals surface area contributed by atoms with Crippen LogP contribution in [-0.4, -0.2) is 30.2 Å². The Morgan fingerprint density at radius 1 is 1.22 bits per heavy atom. The average molecular weight is 259 g/mol. The number of amides is 1. The lowest BCUT2D eigenvalue weighted by atomic mass is 10.1. The molecule has 0 bridgehead atoms. The zero-order valence-corrected chi connectivity index (χ0v) is 9.97. The zero-order valence-electron chi connectivity index (χ0n) is 9.97. The fourth-order valence-electron chi connectivity index (χ4n) is 1.59. The molecule has 0 saturated heterocycles. The Hall–Kier alpha value is -1.85. The van der Waals surface area contributed by atoms with E-state index in [4.69, 9.17) is 0 Å². The van der Waals surface area contributed by atoms with Crippen molar-refractivity contribution in [3.63, 3.8) is 0 Å². The minimum Gasteiger partial charge on any atom is -0.339 e. The second-order valence-corrected chi connectivity index (χ2v) is 3.55. The summed E-state index contributed by atoms with van der Waals surface area (Å²) in [5.41, 5.74) is -1.23. The molecule has 0 fully saturated rings. The first-order valence-electron chi connectivity index (χ1n) is 5.39. The number of rotatable bonds is 4. The second-order valence-electron chi connectivity index (χ2n) is 3.55. The van der Waals surface area contributed by atoms with Gasteiger partial charge in [0.25, 0.3) is 5.91 Å². The largest absolute Gasteiger partial charge is 0.339 e. The highest BCUT2D eigenvalue weighted by molar-refractivity contribution is 6.01. The van der Waals surface area contributed by atoms with Crippen molar-refractivity contribution in [2.45, 2.75) is 13.8 Å². The molecule has 0 radical (unpaired) electrons. The van der Waals surface area contributed by atoms with Gasteiger partial charge in [-0.25, -0.2) is 13.2 Å². The van der Waals surface area contributed by atoms with Crippen LogP contribution < -0.4 is 0 Å². The van der Waals surface area contributed by atoms with Crippen LogP contribution in [0, 0.1) is 17.5 Å². The molecule has 0 saturated carbocycles. The molecule has 0 unspecified atom stereocenters. The molecule has 3 nitrogen and oxygen atoms in total. The van der Waals surface area contributed by atoms with E-state index in [9.17, 15) is 22.8 Å². The molecule has 1 rings (SSSR count). The smallest absolute Gasteiger partial charge is 0.257 e. The van der Waals surface area contributed by atoms with E-state index in [1.54, 1.807) is 13.8 Å². The van der Waals surface area contributed by atoms with Crippen molar-refractivity contribution < 1.29 is 22.8 Å². The Morgan fingerprint density at radius 2 is 1.78 bits per heavy atom. The molecule has 0 aliphatic carbocycles. The lowest BCUT2D eigenvalue weighted by Gasteiger charge is -2.20. The first-order chi connectivity index (χ1) is 8.47. The van der Waals surface area contributed by atoms with Gasteiger partial charge >= 0.3 is 0 Å². The number of carbonyl (C=O) groups is 2. The molecule has 1 amide bonds. The Kier molecular flexibility index (Phi) is 4.47. The van der Waals surface area contributed by atoms with E-state index in [0.29, 0.717) is 6.07 Å². The maximum absolute atomic E-state index is 13.6. The number of nitrogens with zero attached hydrogens (tertiary/aromatic N) is 1. The minimum atomic E-state index is -1.75. The van der Waals surface area contributed by atoms with E-state index in [0.717, 1.165) is 0 Å². The average Bonchev–Trinajstić information content (AvgIpc) is 2.36. The molecule has 1 aromatic rings. The molecular weight excluding hydrogens is 247 g/mol. The summed E-state index contributed by atoms with van der Waals surface area (Å²) in [6.45, 7) is 3.84. The standard InChI is InChI=1S/C12H12F3NO2/c1-3-16(4-2)12(18)9-7(6-17)5-8(13)10(14)11(9)15/h5-6H,3-4H2,1-2H3. The summed E-state index contributed by atoms with van der Waals surface area (Å²) in [5.74, 6) is -5.71. The number of benzene rings is 1. The van der Waals surface area contributed by atoms with Gasteiger partial charge in [-0.1, -0.05) is 0 Å². The van der Waals surface area contributed by atoms with Crippen LogP contribution in [0.15, 0.2) is 6.07 Å². The molecule has 0 spiro atoms. The van der Waals surface area contributed by atoms with Crippen molar-refractivity contribution in [2.24, 2.45) is 0 Å². The van der Waals surface area contributed by atoms with Crippen LogP contribution in [0.2, 0.25) is 0 Å². The van der Waals surface area contributed by atoms with Gasteiger partial charge in [0.2, 0.25) is 0 Å². The van der Waals surface area contributed by atoms with E-state index >= 15 is 0 Å². The summed E-state index contributed by atoms with van der Waals surface area (Å²) in [4.78, 5) is 23.8. The SMILES string of the molecule is CCN(CC)C(=O)c1c(C=O)cc(F)c(F)c1F. The third kappa shape index (κ3) is 2.37. The van der Waals surface area contributed by atoms with E-state index < -0.39 is 34.5 Å². The summed E-state index contributed by atoms with van der Waals surface area (Å²) in [7, 11) is 0. The molecule has 0 heterocycles. The quantitative estimate of drug-likeness (QED) is 0.615. The van der Waals surface area contributed by atoms with Gasteiger partial charge < -0.3 is 4.90 Å². The van der Waals surface area contributed by atoms with Crippen molar-refractivity contribution in [3.8, 4) is 0 Å². The monoisotopic (exact) mass is 259 g/mol. The van der Waals surface area contributed by atoms with Gasteiger partial charge in [-0.2, -0.15) is 0 Å². The third-order valence-electron chi connectivity index (χ3n) is 2.58. The number of halogens is 3. The molecule has 0 atom stereocenters. The van der Waals surface area contributed by atoms with Crippen LogP contribution in [0.25, 0.3) is 0 Å². The van der Waals surface area contributed by atoms with Crippen molar-refractivity contribution in [1.29, 1.82) is 0 Å². The molecule has 6 heteroatoms. The molecule has 0 aliphatic heterocycles. The molecular formula is C12H12F3NO2. The Morgan fingerprint density at radius 3 is 2.22 bits per heavy atom. The van der Waals surface area contributed by atoms with E-state index in [1.165, 1.54) is 4.90 Å². The van der Waals surface area contributed by atoms with E-state index in [-0.39, 0.29) is 19.4 Å². The maximum Gasteiger partial charge on any atom is 0.257 e. The van der Waals surface area contributed by atoms with Crippen LogP contribution in [0.5, 0.6) is 0 Å². The van der Waals surface area contributed by atoms with Crippen LogP contribution in [0.3, 0.4) is 0 Å². The second kappa shape index (κ2) is 5.66. The fraction of sp³-hybridized carbons (Fsp3) is 0.333. The number of carbonyl (C=O) groups excluding carboxylic acids is 2. The molecule has 18 heavy (non-hydrogen) atoms. The molecule has 0 aromatic heterocycles. The van der Waals surface area contributed by atoms with Crippen LogP contribution in [0.1, 0.15) is 34.6 Å². The van der Waals surface area contributed by atoms with Crippen molar-refractivity contribution >= 4 is 12.2 Å². The van der Waals surface area contributed by atoms with Crippen molar-refractivity contribution in [3.05, 3.63) is 34.6 Å². The Labute approximate surface area is 102 Å². The Balaban J connectivity index is 3.43. The molecule has 0 N–H and O–H groups in total. The summed E-state index contributed by atoms with van der Waals surface area (Å²) in [5, 5.41) is 0. The molecule has 0 aliphatic rings. The van der Waals surface area contributed by atoms with Gasteiger partial charge in [0, 0.05) is 18.7 Å². The molecule has 1 aromatic carbocycles. The van der Waals surface area contributed by atoms with Gasteiger partial charge in [0.15, 0.2) is 23.7 Å². The Bertz CT molecular complexity index is 485. The topological polar surface area (TPSA) is 37.4 Å². The van der Waals surface area contributed by atoms with Gasteiger partial charge in [0.1, 0.15) is 0 Å². The number of hydrogen-bond donors (Lipinski definition) is 0. The fourth-order valence-corrected chi connectivity index (χ4v) is 1.59. The number of hydrogen-bond acceptors (Lipinski definition) is 2. The summed E-state index contributed by atoms with van der Waals surface area (Å²) in [6, 6.07) is 0.516. The maximum atomic E-state index is 13.6. The first-order valence-corrected chi connectivity index (χ1v) is 5.39. The summed E-state index contributed by atoms with van der Waals surface area (Å²) >= 11 is 0.